The Kier molecular flexibility index (Phi) is 45.0. The number of aliphatic carboxylic acids is 2. The molecule has 0 unspecified atom stereocenters. The summed E-state index contributed by atoms with van der Waals surface area (Å²) in [5, 5.41) is 20.4. The molecule has 0 aromatic carbocycles. The van der Waals surface area contributed by atoms with Crippen LogP contribution >= 0.6 is 0 Å². The molecule has 4 nitrogen and oxygen atoms in total. The maximum atomic E-state index is 10.2. The van der Waals surface area contributed by atoms with Gasteiger partial charge in [-0.3, -0.25) is 0 Å². The molecule has 0 rings (SSSR count). The monoisotopic (exact) mass is 684 g/mol. The summed E-state index contributed by atoms with van der Waals surface area (Å²) in [5.74, 6) is -1.83. The van der Waals surface area contributed by atoms with Crippen LogP contribution in [0.4, 0.5) is 0 Å². The number of carboxylic acids is 2. The normalized spacial score (nSPS) is 11.0. The summed E-state index contributed by atoms with van der Waals surface area (Å²) in [7, 11) is 0. The molecular formula is C36H68O4Sn. The molecule has 0 aromatic rings. The van der Waals surface area contributed by atoms with E-state index < -0.39 is 11.9 Å². The van der Waals surface area contributed by atoms with Crippen molar-refractivity contribution >= 4 is 35.8 Å². The van der Waals surface area contributed by atoms with Crippen molar-refractivity contribution in [3.63, 3.8) is 0 Å². The van der Waals surface area contributed by atoms with Gasteiger partial charge in [0.15, 0.2) is 0 Å². The van der Waals surface area contributed by atoms with E-state index in [2.05, 4.69) is 38.2 Å². The predicted molar refractivity (Wildman–Crippen MR) is 177 cm³/mol. The fourth-order valence-corrected chi connectivity index (χ4v) is 4.68. The van der Waals surface area contributed by atoms with E-state index in [0.717, 1.165) is 38.5 Å². The maximum absolute atomic E-state index is 10.2. The van der Waals surface area contributed by atoms with Gasteiger partial charge in [0, 0.05) is 11.9 Å². The van der Waals surface area contributed by atoms with Crippen LogP contribution in [0.3, 0.4) is 0 Å². The van der Waals surface area contributed by atoms with E-state index in [1.54, 1.807) is 0 Å². The average molecular weight is 684 g/mol. The van der Waals surface area contributed by atoms with Gasteiger partial charge in [-0.1, -0.05) is 141 Å². The SMILES string of the molecule is CCCCCCCC/C=C/CCCCCCCC(=O)[O-].CCCCCCCC/C=C/CCCCCCCC(=O)[O-].[SnH2+2]. The van der Waals surface area contributed by atoms with Crippen molar-refractivity contribution in [3.05, 3.63) is 24.3 Å². The first-order valence-corrected chi connectivity index (χ1v) is 17.2. The predicted octanol–water partition coefficient (Wildman–Crippen LogP) is 8.63. The molecule has 0 aromatic heterocycles. The summed E-state index contributed by atoms with van der Waals surface area (Å²) < 4.78 is 0. The fraction of sp³-hybridized carbons (Fsp3) is 0.833. The molecule has 0 aliphatic carbocycles. The van der Waals surface area contributed by atoms with Crippen LogP contribution in [-0.4, -0.2) is 35.8 Å². The van der Waals surface area contributed by atoms with E-state index in [0.29, 0.717) is 0 Å². The Balaban J connectivity index is -0.000000688. The van der Waals surface area contributed by atoms with Crippen molar-refractivity contribution < 1.29 is 19.8 Å². The number of allylic oxidation sites excluding steroid dienone is 4. The second-order valence-electron chi connectivity index (χ2n) is 11.4. The Morgan fingerprint density at radius 2 is 0.610 bits per heavy atom. The molecule has 0 bridgehead atoms. The second kappa shape index (κ2) is 41.4. The number of hydrogen-bond acceptors (Lipinski definition) is 4. The van der Waals surface area contributed by atoms with Gasteiger partial charge < -0.3 is 19.8 Å². The van der Waals surface area contributed by atoms with E-state index in [1.165, 1.54) is 128 Å². The number of carboxylic acid groups (broad SMARTS) is 2. The van der Waals surface area contributed by atoms with Gasteiger partial charge in [0.25, 0.3) is 0 Å². The third-order valence-electron chi connectivity index (χ3n) is 7.29. The summed E-state index contributed by atoms with van der Waals surface area (Å²) in [6.45, 7) is 4.51. The molecule has 0 atom stereocenters. The molecular weight excluding hydrogens is 615 g/mol. The molecule has 0 N–H and O–H groups in total. The molecule has 0 saturated heterocycles. The number of rotatable bonds is 30. The van der Waals surface area contributed by atoms with Crippen molar-refractivity contribution in [3.8, 4) is 0 Å². The fourth-order valence-electron chi connectivity index (χ4n) is 4.68. The summed E-state index contributed by atoms with van der Waals surface area (Å²) in [6, 6.07) is 0. The summed E-state index contributed by atoms with van der Waals surface area (Å²) in [4.78, 5) is 20.4. The minimum absolute atomic E-state index is 0. The van der Waals surface area contributed by atoms with Crippen molar-refractivity contribution in [2.75, 3.05) is 0 Å². The quantitative estimate of drug-likeness (QED) is 0.0432. The molecule has 0 fully saturated rings. The summed E-state index contributed by atoms with van der Waals surface area (Å²) >= 11 is 0. The molecule has 240 valence electrons. The molecule has 0 saturated carbocycles. The molecule has 5 heteroatoms. The first-order chi connectivity index (χ1) is 19.5. The molecule has 0 aliphatic heterocycles. The number of carbonyl (C=O) groups is 2. The van der Waals surface area contributed by atoms with Gasteiger partial charge in [0.05, 0.1) is 0 Å². The zero-order chi connectivity index (χ0) is 29.8. The standard InChI is InChI=1S/2C18H34O2.Sn.2H/c2*1-2-3-4-5-6-7-8-9-10-11-12-13-14-15-16-17-18(19)20;;;/h2*9-10H,2-8,11-17H2,1H3,(H,19,20);;;/q;;+2;;/p-2/b2*10-9+;;;. The van der Waals surface area contributed by atoms with E-state index in [4.69, 9.17) is 0 Å². The van der Waals surface area contributed by atoms with E-state index in [1.807, 2.05) is 0 Å². The molecule has 0 heterocycles. The Morgan fingerprint density at radius 1 is 0.390 bits per heavy atom. The molecule has 0 aliphatic rings. The van der Waals surface area contributed by atoms with Crippen LogP contribution in [0.2, 0.25) is 0 Å². The molecule has 0 spiro atoms. The van der Waals surface area contributed by atoms with Gasteiger partial charge >= 0.3 is 23.9 Å². The van der Waals surface area contributed by atoms with Crippen LogP contribution in [0.25, 0.3) is 0 Å². The summed E-state index contributed by atoms with van der Waals surface area (Å²) in [5.41, 5.74) is 0. The van der Waals surface area contributed by atoms with Crippen LogP contribution in [-0.2, 0) is 9.59 Å². The number of carbonyl (C=O) groups excluding carboxylic acids is 2. The van der Waals surface area contributed by atoms with Crippen molar-refractivity contribution in [2.45, 2.75) is 194 Å². The number of hydrogen-bond donors (Lipinski definition) is 0. The van der Waals surface area contributed by atoms with E-state index in [9.17, 15) is 19.8 Å². The zero-order valence-corrected chi connectivity index (χ0v) is 31.5. The minimum atomic E-state index is -0.914. The van der Waals surface area contributed by atoms with Gasteiger partial charge in [0.1, 0.15) is 0 Å². The third-order valence-corrected chi connectivity index (χ3v) is 7.29. The Hall–Kier alpha value is -0.781. The summed E-state index contributed by atoms with van der Waals surface area (Å²) in [6.07, 6.45) is 41.8. The van der Waals surface area contributed by atoms with Gasteiger partial charge in [-0.25, -0.2) is 0 Å². The van der Waals surface area contributed by atoms with Gasteiger partial charge in [-0.15, -0.1) is 0 Å². The first-order valence-electron chi connectivity index (χ1n) is 17.2. The first kappa shape index (κ1) is 44.7. The van der Waals surface area contributed by atoms with Crippen LogP contribution in [0.1, 0.15) is 194 Å². The van der Waals surface area contributed by atoms with Crippen molar-refractivity contribution in [2.24, 2.45) is 0 Å². The van der Waals surface area contributed by atoms with E-state index in [-0.39, 0.29) is 36.7 Å². The Bertz CT molecular complexity index is 524. The van der Waals surface area contributed by atoms with Crippen LogP contribution in [0.15, 0.2) is 24.3 Å². The molecule has 41 heavy (non-hydrogen) atoms. The van der Waals surface area contributed by atoms with Crippen molar-refractivity contribution in [1.29, 1.82) is 0 Å². The van der Waals surface area contributed by atoms with Crippen LogP contribution < -0.4 is 10.2 Å². The average Bonchev–Trinajstić information content (AvgIpc) is 2.93. The van der Waals surface area contributed by atoms with E-state index >= 15 is 0 Å². The van der Waals surface area contributed by atoms with Gasteiger partial charge in [-0.05, 0) is 77.0 Å². The second-order valence-corrected chi connectivity index (χ2v) is 11.4. The topological polar surface area (TPSA) is 80.3 Å². The molecule has 0 radical (unpaired) electrons. The van der Waals surface area contributed by atoms with Gasteiger partial charge in [-0.2, -0.15) is 0 Å². The van der Waals surface area contributed by atoms with Crippen LogP contribution in [0, 0.1) is 0 Å². The molecule has 0 amide bonds. The third kappa shape index (κ3) is 49.2. The van der Waals surface area contributed by atoms with Crippen LogP contribution in [0.5, 0.6) is 0 Å². The zero-order valence-electron chi connectivity index (χ0n) is 27.4. The van der Waals surface area contributed by atoms with Gasteiger partial charge in [0.2, 0.25) is 0 Å². The Labute approximate surface area is 272 Å². The number of unbranched alkanes of at least 4 members (excludes halogenated alkanes) is 22. The van der Waals surface area contributed by atoms with Crippen molar-refractivity contribution in [1.82, 2.24) is 0 Å². The Morgan fingerprint density at radius 3 is 0.854 bits per heavy atom.